The monoisotopic (exact) mass is 595 g/mol. The summed E-state index contributed by atoms with van der Waals surface area (Å²) < 4.78 is 25.5. The highest BCUT2D eigenvalue weighted by molar-refractivity contribution is 6.32. The predicted molar refractivity (Wildman–Crippen MR) is 153 cm³/mol. The number of imidazole rings is 1. The maximum Gasteiger partial charge on any atom is 0.280 e. The Morgan fingerprint density at radius 3 is 2.59 bits per heavy atom. The van der Waals surface area contributed by atoms with Crippen LogP contribution in [-0.2, 0) is 10.3 Å². The molecule has 210 valence electrons. The molecule has 0 radical (unpaired) electrons. The van der Waals surface area contributed by atoms with Crippen LogP contribution in [0, 0.1) is 0 Å². The molecule has 2 aromatic heterocycles. The second kappa shape index (κ2) is 10.0. The van der Waals surface area contributed by atoms with Gasteiger partial charge in [-0.3, -0.25) is 14.5 Å². The number of fused-ring (bicyclic) bond motifs is 4. The van der Waals surface area contributed by atoms with E-state index >= 15 is 0 Å². The predicted octanol–water partition coefficient (Wildman–Crippen LogP) is 6.05. The van der Waals surface area contributed by atoms with Crippen LogP contribution in [0.1, 0.15) is 41.6 Å². The summed E-state index contributed by atoms with van der Waals surface area (Å²) in [6.07, 6.45) is 1.50. The minimum Gasteiger partial charge on any atom is -0.496 e. The van der Waals surface area contributed by atoms with Crippen molar-refractivity contribution in [2.45, 2.75) is 25.4 Å². The van der Waals surface area contributed by atoms with Crippen molar-refractivity contribution in [3.05, 3.63) is 81.7 Å². The molecule has 1 unspecified atom stereocenters. The molecule has 9 nitrogen and oxygen atoms in total. The molecule has 2 amide bonds. The average molecular weight is 596 g/mol. The van der Waals surface area contributed by atoms with E-state index < -0.39 is 24.0 Å². The van der Waals surface area contributed by atoms with Crippen LogP contribution in [0.5, 0.6) is 11.6 Å². The maximum atomic E-state index is 14.3. The number of hydrogen-bond donors (Lipinski definition) is 1. The van der Waals surface area contributed by atoms with Crippen molar-refractivity contribution in [3.63, 3.8) is 0 Å². The Morgan fingerprint density at radius 1 is 1.10 bits per heavy atom. The number of pyridine rings is 1. The van der Waals surface area contributed by atoms with E-state index in [0.29, 0.717) is 49.8 Å². The van der Waals surface area contributed by atoms with Crippen molar-refractivity contribution in [3.8, 4) is 23.0 Å². The van der Waals surface area contributed by atoms with Crippen molar-refractivity contribution in [1.82, 2.24) is 14.5 Å². The van der Waals surface area contributed by atoms with Crippen LogP contribution in [0.15, 0.2) is 54.7 Å². The van der Waals surface area contributed by atoms with E-state index in [1.807, 2.05) is 18.4 Å². The molecule has 2 aromatic carbocycles. The van der Waals surface area contributed by atoms with E-state index in [4.69, 9.17) is 37.7 Å². The lowest BCUT2D eigenvalue weighted by Gasteiger charge is -2.35. The Bertz CT molecular complexity index is 1730. The number of anilines is 2. The summed E-state index contributed by atoms with van der Waals surface area (Å²) in [5, 5.41) is 3.78. The van der Waals surface area contributed by atoms with Crippen molar-refractivity contribution in [2.24, 2.45) is 0 Å². The number of benzene rings is 2. The van der Waals surface area contributed by atoms with Gasteiger partial charge >= 0.3 is 0 Å². The Morgan fingerprint density at radius 2 is 1.88 bits per heavy atom. The number of methoxy groups -OCH3 is 1. The maximum absolute atomic E-state index is 14.3. The number of carbonyl (C=O) groups excluding carboxylic acids is 2. The van der Waals surface area contributed by atoms with E-state index in [0.717, 1.165) is 0 Å². The molecule has 1 atom stereocenters. The van der Waals surface area contributed by atoms with Gasteiger partial charge in [0.15, 0.2) is 11.2 Å². The van der Waals surface area contributed by atoms with Gasteiger partial charge in [-0.2, -0.15) is 0 Å². The van der Waals surface area contributed by atoms with E-state index in [9.17, 15) is 14.0 Å². The topological polar surface area (TPSA) is 98.6 Å². The molecule has 0 saturated heterocycles. The largest absolute Gasteiger partial charge is 0.496 e. The van der Waals surface area contributed by atoms with Gasteiger partial charge < -0.3 is 19.4 Å². The van der Waals surface area contributed by atoms with Gasteiger partial charge in [-0.25, -0.2) is 14.4 Å². The SMILES string of the molecule is COc1cc(OCCF)ncc1-c1nc2c(n1C(C)C)C1(C(=O)Nc3cc(Cl)ccc31)N(c1cccc(Cl)c1)C2=O. The number of amides is 2. The van der Waals surface area contributed by atoms with Gasteiger partial charge in [-0.1, -0.05) is 35.3 Å². The fourth-order valence-electron chi connectivity index (χ4n) is 5.62. The van der Waals surface area contributed by atoms with E-state index in [1.165, 1.54) is 24.3 Å². The molecular weight excluding hydrogens is 572 g/mol. The zero-order valence-corrected chi connectivity index (χ0v) is 23.8. The summed E-state index contributed by atoms with van der Waals surface area (Å²) in [6.45, 7) is 3.04. The summed E-state index contributed by atoms with van der Waals surface area (Å²) in [5.41, 5.74) is 0.822. The standard InChI is InChI=1S/C29H24Cl2FN5O4/c1-15(2)36-25-24(35-26(36)19-14-33-23(41-10-9-32)13-22(19)40-3)27(38)37(18-6-4-5-16(30)11-18)29(25)20-8-7-17(31)12-21(20)34-28(29)39/h4-8,11-15H,9-10H2,1-3H3,(H,34,39). The number of nitrogens with one attached hydrogen (secondary N) is 1. The van der Waals surface area contributed by atoms with Crippen LogP contribution in [0.25, 0.3) is 11.4 Å². The minimum atomic E-state index is -1.61. The number of carbonyl (C=O) groups is 2. The average Bonchev–Trinajstić information content (AvgIpc) is 3.55. The van der Waals surface area contributed by atoms with Crippen LogP contribution < -0.4 is 19.7 Å². The molecule has 1 N–H and O–H groups in total. The molecule has 0 aliphatic carbocycles. The molecule has 1 spiro atoms. The lowest BCUT2D eigenvalue weighted by Crippen LogP contribution is -2.51. The smallest absolute Gasteiger partial charge is 0.280 e. The van der Waals surface area contributed by atoms with Gasteiger partial charge in [-0.05, 0) is 44.2 Å². The van der Waals surface area contributed by atoms with Crippen molar-refractivity contribution in [2.75, 3.05) is 30.6 Å². The van der Waals surface area contributed by atoms with Gasteiger partial charge in [-0.15, -0.1) is 0 Å². The lowest BCUT2D eigenvalue weighted by molar-refractivity contribution is -0.119. The van der Waals surface area contributed by atoms with Crippen LogP contribution in [-0.4, -0.2) is 46.7 Å². The van der Waals surface area contributed by atoms with Crippen molar-refractivity contribution in [1.29, 1.82) is 0 Å². The zero-order valence-electron chi connectivity index (χ0n) is 22.2. The summed E-state index contributed by atoms with van der Waals surface area (Å²) >= 11 is 12.6. The van der Waals surface area contributed by atoms with Crippen LogP contribution in [0.3, 0.4) is 0 Å². The number of rotatable bonds is 7. The fraction of sp³-hybridized carbons (Fsp3) is 0.241. The molecule has 6 rings (SSSR count). The van der Waals surface area contributed by atoms with Gasteiger partial charge in [0.1, 0.15) is 24.9 Å². The van der Waals surface area contributed by atoms with Crippen molar-refractivity contribution >= 4 is 46.4 Å². The fourth-order valence-corrected chi connectivity index (χ4v) is 5.97. The Labute approximate surface area is 244 Å². The third-order valence-corrected chi connectivity index (χ3v) is 7.62. The third kappa shape index (κ3) is 3.96. The normalized spacial score (nSPS) is 17.3. The molecule has 4 aromatic rings. The first-order chi connectivity index (χ1) is 19.7. The summed E-state index contributed by atoms with van der Waals surface area (Å²) in [4.78, 5) is 39.1. The second-order valence-electron chi connectivity index (χ2n) is 9.83. The second-order valence-corrected chi connectivity index (χ2v) is 10.7. The number of alkyl halides is 1. The van der Waals surface area contributed by atoms with Crippen LogP contribution in [0.2, 0.25) is 10.0 Å². The first kappa shape index (κ1) is 27.0. The van der Waals surface area contributed by atoms with E-state index in [1.54, 1.807) is 42.5 Å². The molecule has 41 heavy (non-hydrogen) atoms. The highest BCUT2D eigenvalue weighted by atomic mass is 35.5. The number of halogens is 3. The first-order valence-electron chi connectivity index (χ1n) is 12.8. The third-order valence-electron chi connectivity index (χ3n) is 7.15. The molecule has 12 heteroatoms. The summed E-state index contributed by atoms with van der Waals surface area (Å²) in [6, 6.07) is 13.1. The molecule has 4 heterocycles. The molecule has 2 aliphatic rings. The van der Waals surface area contributed by atoms with Gasteiger partial charge in [0.2, 0.25) is 5.88 Å². The van der Waals surface area contributed by atoms with E-state index in [2.05, 4.69) is 10.3 Å². The quantitative estimate of drug-likeness (QED) is 0.279. The number of ether oxygens (including phenoxy) is 2. The molecule has 2 aliphatic heterocycles. The van der Waals surface area contributed by atoms with Crippen molar-refractivity contribution < 1.29 is 23.5 Å². The number of nitrogens with zero attached hydrogens (tertiary/aromatic N) is 4. The summed E-state index contributed by atoms with van der Waals surface area (Å²) in [7, 11) is 1.48. The lowest BCUT2D eigenvalue weighted by atomic mass is 9.87. The summed E-state index contributed by atoms with van der Waals surface area (Å²) in [5.74, 6) is 0.000742. The first-order valence-corrected chi connectivity index (χ1v) is 13.5. The van der Waals surface area contributed by atoms with Gasteiger partial charge in [0.05, 0.1) is 18.4 Å². The minimum absolute atomic E-state index is 0.103. The Hall–Kier alpha value is -4.15. The van der Waals surface area contributed by atoms with Crippen LogP contribution in [0.4, 0.5) is 15.8 Å². The molecule has 0 fully saturated rings. The number of aromatic nitrogens is 3. The molecule has 0 saturated carbocycles. The molecule has 0 bridgehead atoms. The highest BCUT2D eigenvalue weighted by Crippen LogP contribution is 2.54. The Balaban J connectivity index is 1.66. The van der Waals surface area contributed by atoms with Gasteiger partial charge in [0, 0.05) is 45.3 Å². The van der Waals surface area contributed by atoms with Gasteiger partial charge in [0.25, 0.3) is 11.8 Å². The number of hydrogen-bond acceptors (Lipinski definition) is 6. The molecular formula is C29H24Cl2FN5O4. The van der Waals surface area contributed by atoms with E-state index in [-0.39, 0.29) is 24.2 Å². The highest BCUT2D eigenvalue weighted by Gasteiger charge is 2.64. The zero-order chi connectivity index (χ0) is 29.1. The Kier molecular flexibility index (Phi) is 6.62. The van der Waals surface area contributed by atoms with Crippen LogP contribution >= 0.6 is 23.2 Å².